The van der Waals surface area contributed by atoms with Gasteiger partial charge in [0.25, 0.3) is 0 Å². The molecule has 2 heterocycles. The summed E-state index contributed by atoms with van der Waals surface area (Å²) in [4.78, 5) is 2.12. The molecular formula is C9H14ClN3OS. The van der Waals surface area contributed by atoms with Gasteiger partial charge < -0.3 is 9.32 Å². The van der Waals surface area contributed by atoms with Gasteiger partial charge in [0, 0.05) is 24.1 Å². The average Bonchev–Trinajstić information content (AvgIpc) is 2.66. The minimum Gasteiger partial charge on any atom is -0.406 e. The minimum atomic E-state index is -0.220. The highest BCUT2D eigenvalue weighted by molar-refractivity contribution is 8.00. The standard InChI is InChI=1S/C9H14ClN3OS/c1-6-5-13(3-4-15-6)9-12-11-8(14-9)7(2)10/h6-7H,3-5H2,1-2H3. The summed E-state index contributed by atoms with van der Waals surface area (Å²) >= 11 is 7.84. The molecule has 2 rings (SSSR count). The molecule has 0 aliphatic carbocycles. The second-order valence-corrected chi connectivity index (χ2v) is 5.87. The number of aromatic nitrogens is 2. The smallest absolute Gasteiger partial charge is 0.318 e. The molecule has 1 aromatic heterocycles. The van der Waals surface area contributed by atoms with Crippen LogP contribution in [-0.2, 0) is 0 Å². The number of halogens is 1. The Morgan fingerprint density at radius 1 is 1.60 bits per heavy atom. The van der Waals surface area contributed by atoms with Gasteiger partial charge in [-0.05, 0) is 6.92 Å². The third-order valence-electron chi connectivity index (χ3n) is 2.28. The first-order valence-electron chi connectivity index (χ1n) is 5.01. The molecule has 0 aromatic carbocycles. The Kier molecular flexibility index (Phi) is 3.41. The molecule has 4 nitrogen and oxygen atoms in total. The van der Waals surface area contributed by atoms with Crippen molar-refractivity contribution in [3.05, 3.63) is 5.89 Å². The van der Waals surface area contributed by atoms with Gasteiger partial charge >= 0.3 is 6.01 Å². The summed E-state index contributed by atoms with van der Waals surface area (Å²) in [6.07, 6.45) is 0. The maximum atomic E-state index is 5.87. The summed E-state index contributed by atoms with van der Waals surface area (Å²) in [6.45, 7) is 5.96. The Morgan fingerprint density at radius 3 is 3.00 bits per heavy atom. The number of rotatable bonds is 2. The van der Waals surface area contributed by atoms with E-state index in [4.69, 9.17) is 16.0 Å². The van der Waals surface area contributed by atoms with Gasteiger partial charge in [-0.2, -0.15) is 11.8 Å². The van der Waals surface area contributed by atoms with E-state index in [1.807, 2.05) is 18.7 Å². The molecule has 2 unspecified atom stereocenters. The second-order valence-electron chi connectivity index (χ2n) is 3.67. The van der Waals surface area contributed by atoms with Gasteiger partial charge in [-0.3, -0.25) is 0 Å². The summed E-state index contributed by atoms with van der Waals surface area (Å²) in [6, 6.07) is 0.602. The molecule has 1 aliphatic rings. The first kappa shape index (κ1) is 11.1. The predicted molar refractivity (Wildman–Crippen MR) is 62.7 cm³/mol. The first-order chi connectivity index (χ1) is 7.16. The van der Waals surface area contributed by atoms with Gasteiger partial charge in [0.1, 0.15) is 5.38 Å². The van der Waals surface area contributed by atoms with E-state index in [9.17, 15) is 0 Å². The lowest BCUT2D eigenvalue weighted by atomic mass is 10.4. The Morgan fingerprint density at radius 2 is 2.40 bits per heavy atom. The van der Waals surface area contributed by atoms with E-state index in [0.29, 0.717) is 17.2 Å². The molecule has 0 radical (unpaired) electrons. The minimum absolute atomic E-state index is 0.220. The molecule has 6 heteroatoms. The summed E-state index contributed by atoms with van der Waals surface area (Å²) in [5.41, 5.74) is 0. The predicted octanol–water partition coefficient (Wildman–Crippen LogP) is 2.31. The second kappa shape index (κ2) is 4.61. The van der Waals surface area contributed by atoms with Crippen molar-refractivity contribution < 1.29 is 4.42 Å². The quantitative estimate of drug-likeness (QED) is 0.751. The largest absolute Gasteiger partial charge is 0.406 e. The van der Waals surface area contributed by atoms with Crippen LogP contribution >= 0.6 is 23.4 Å². The van der Waals surface area contributed by atoms with E-state index in [-0.39, 0.29) is 5.38 Å². The van der Waals surface area contributed by atoms with Crippen LogP contribution in [0.3, 0.4) is 0 Å². The highest BCUT2D eigenvalue weighted by Crippen LogP contribution is 2.25. The molecule has 0 amide bonds. The van der Waals surface area contributed by atoms with Gasteiger partial charge in [-0.25, -0.2) is 0 Å². The Labute approximate surface area is 98.4 Å². The van der Waals surface area contributed by atoms with Gasteiger partial charge in [-0.1, -0.05) is 12.0 Å². The van der Waals surface area contributed by atoms with Crippen molar-refractivity contribution in [2.75, 3.05) is 23.7 Å². The monoisotopic (exact) mass is 247 g/mol. The molecule has 0 spiro atoms. The number of hydrogen-bond donors (Lipinski definition) is 0. The van der Waals surface area contributed by atoms with Crippen molar-refractivity contribution in [2.24, 2.45) is 0 Å². The molecule has 0 N–H and O–H groups in total. The fraction of sp³-hybridized carbons (Fsp3) is 0.778. The van der Waals surface area contributed by atoms with E-state index in [0.717, 1.165) is 18.8 Å². The summed E-state index contributed by atoms with van der Waals surface area (Å²) < 4.78 is 5.50. The van der Waals surface area contributed by atoms with E-state index < -0.39 is 0 Å². The summed E-state index contributed by atoms with van der Waals surface area (Å²) in [5, 5.41) is 8.32. The number of thioether (sulfide) groups is 1. The van der Waals surface area contributed by atoms with E-state index in [2.05, 4.69) is 22.0 Å². The highest BCUT2D eigenvalue weighted by Gasteiger charge is 2.22. The molecule has 1 fully saturated rings. The van der Waals surface area contributed by atoms with Crippen LogP contribution in [0.2, 0.25) is 0 Å². The number of anilines is 1. The highest BCUT2D eigenvalue weighted by atomic mass is 35.5. The zero-order valence-electron chi connectivity index (χ0n) is 8.81. The molecule has 0 saturated carbocycles. The maximum absolute atomic E-state index is 5.87. The van der Waals surface area contributed by atoms with E-state index in [1.165, 1.54) is 0 Å². The molecule has 0 bridgehead atoms. The lowest BCUT2D eigenvalue weighted by Crippen LogP contribution is -2.36. The van der Waals surface area contributed by atoms with E-state index >= 15 is 0 Å². The maximum Gasteiger partial charge on any atom is 0.318 e. The van der Waals surface area contributed by atoms with Crippen LogP contribution in [0.4, 0.5) is 6.01 Å². The van der Waals surface area contributed by atoms with Crippen molar-refractivity contribution in [2.45, 2.75) is 24.5 Å². The molecule has 1 aliphatic heterocycles. The lowest BCUT2D eigenvalue weighted by molar-refractivity contribution is 0.483. The summed E-state index contributed by atoms with van der Waals surface area (Å²) in [7, 11) is 0. The van der Waals surface area contributed by atoms with Crippen molar-refractivity contribution in [1.82, 2.24) is 10.2 Å². The molecule has 84 valence electrons. The molecule has 1 aromatic rings. The van der Waals surface area contributed by atoms with Gasteiger partial charge in [-0.15, -0.1) is 16.7 Å². The Hall–Kier alpha value is -0.420. The third kappa shape index (κ3) is 2.58. The van der Waals surface area contributed by atoms with Gasteiger partial charge in [0.2, 0.25) is 5.89 Å². The van der Waals surface area contributed by atoms with Crippen LogP contribution in [0.15, 0.2) is 4.42 Å². The van der Waals surface area contributed by atoms with Gasteiger partial charge in [0.15, 0.2) is 0 Å². The third-order valence-corrected chi connectivity index (χ3v) is 3.60. The van der Waals surface area contributed by atoms with Crippen molar-refractivity contribution in [3.8, 4) is 0 Å². The zero-order valence-corrected chi connectivity index (χ0v) is 10.4. The summed E-state index contributed by atoms with van der Waals surface area (Å²) in [5.74, 6) is 1.60. The van der Waals surface area contributed by atoms with Crippen LogP contribution in [0, 0.1) is 0 Å². The number of nitrogens with zero attached hydrogens (tertiary/aromatic N) is 3. The lowest BCUT2D eigenvalue weighted by Gasteiger charge is -2.28. The topological polar surface area (TPSA) is 42.2 Å². The van der Waals surface area contributed by atoms with E-state index in [1.54, 1.807) is 0 Å². The number of alkyl halides is 1. The van der Waals surface area contributed by atoms with Crippen molar-refractivity contribution >= 4 is 29.4 Å². The van der Waals surface area contributed by atoms with Crippen LogP contribution in [0.1, 0.15) is 25.1 Å². The molecule has 1 saturated heterocycles. The first-order valence-corrected chi connectivity index (χ1v) is 6.49. The zero-order chi connectivity index (χ0) is 10.8. The Balaban J connectivity index is 2.08. The molecule has 15 heavy (non-hydrogen) atoms. The van der Waals surface area contributed by atoms with Crippen LogP contribution in [0.25, 0.3) is 0 Å². The molecular weight excluding hydrogens is 234 g/mol. The normalized spacial score (nSPS) is 24.2. The van der Waals surface area contributed by atoms with Crippen LogP contribution in [-0.4, -0.2) is 34.3 Å². The van der Waals surface area contributed by atoms with Gasteiger partial charge in [0.05, 0.1) is 0 Å². The fourth-order valence-corrected chi connectivity index (χ4v) is 2.61. The van der Waals surface area contributed by atoms with Crippen LogP contribution < -0.4 is 4.90 Å². The van der Waals surface area contributed by atoms with Crippen molar-refractivity contribution in [1.29, 1.82) is 0 Å². The molecule has 2 atom stereocenters. The van der Waals surface area contributed by atoms with Crippen LogP contribution in [0.5, 0.6) is 0 Å². The average molecular weight is 248 g/mol. The number of hydrogen-bond acceptors (Lipinski definition) is 5. The van der Waals surface area contributed by atoms with Crippen molar-refractivity contribution in [3.63, 3.8) is 0 Å². The fourth-order valence-electron chi connectivity index (χ4n) is 1.51. The Bertz CT molecular complexity index is 331. The SMILES string of the molecule is CC1CN(c2nnc(C(C)Cl)o2)CCS1.